The van der Waals surface area contributed by atoms with Crippen molar-refractivity contribution in [1.29, 1.82) is 0 Å². The van der Waals surface area contributed by atoms with E-state index in [1.807, 2.05) is 0 Å². The number of hydrogen-bond acceptors (Lipinski definition) is 14. The molecule has 0 bridgehead atoms. The molecule has 2 aliphatic rings. The summed E-state index contributed by atoms with van der Waals surface area (Å²) in [6.07, 6.45) is 2.64. The molecule has 276 valence electrons. The highest BCUT2D eigenvalue weighted by atomic mass is 16.6. The first-order valence-electron chi connectivity index (χ1n) is 16.2. The Bertz CT molecular complexity index is 1540. The lowest BCUT2D eigenvalue weighted by Gasteiger charge is -2.24. The van der Waals surface area contributed by atoms with Crippen molar-refractivity contribution < 1.29 is 57.4 Å². The van der Waals surface area contributed by atoms with Gasteiger partial charge in [0.05, 0.1) is 61.5 Å². The first-order chi connectivity index (χ1) is 24.4. The molecular weight excluding hydrogens is 676 g/mol. The molecule has 18 heteroatoms. The zero-order valence-corrected chi connectivity index (χ0v) is 28.7. The van der Waals surface area contributed by atoms with E-state index in [0.717, 1.165) is 12.1 Å². The monoisotopic (exact) mass is 716 g/mol. The molecule has 2 aromatic rings. The van der Waals surface area contributed by atoms with Crippen LogP contribution < -0.4 is 18.9 Å². The van der Waals surface area contributed by atoms with Gasteiger partial charge in [0, 0.05) is 45.5 Å². The van der Waals surface area contributed by atoms with Crippen LogP contribution in [0.25, 0.3) is 0 Å². The van der Waals surface area contributed by atoms with Crippen LogP contribution in [0.2, 0.25) is 0 Å². The van der Waals surface area contributed by atoms with E-state index in [2.05, 4.69) is 0 Å². The number of likely N-dealkylation sites (tertiary alicyclic amines) is 2. The summed E-state index contributed by atoms with van der Waals surface area (Å²) in [5.74, 6) is -2.04. The van der Waals surface area contributed by atoms with Crippen LogP contribution in [0.5, 0.6) is 23.0 Å². The second-order valence-electron chi connectivity index (χ2n) is 11.8. The van der Waals surface area contributed by atoms with Crippen molar-refractivity contribution in [2.24, 2.45) is 0 Å². The molecule has 0 unspecified atom stereocenters. The Hall–Kier alpha value is -5.68. The van der Waals surface area contributed by atoms with Crippen molar-refractivity contribution in [2.75, 3.05) is 53.7 Å². The maximum absolute atomic E-state index is 13.4. The van der Waals surface area contributed by atoms with Crippen LogP contribution in [0.4, 0.5) is 11.4 Å². The van der Waals surface area contributed by atoms with E-state index in [4.69, 9.17) is 28.4 Å². The first kappa shape index (κ1) is 38.1. The van der Waals surface area contributed by atoms with Gasteiger partial charge in [-0.2, -0.15) is 0 Å². The van der Waals surface area contributed by atoms with E-state index in [1.54, 1.807) is 0 Å². The molecule has 2 heterocycles. The second-order valence-corrected chi connectivity index (χ2v) is 11.8. The van der Waals surface area contributed by atoms with Gasteiger partial charge in [0.25, 0.3) is 23.2 Å². The summed E-state index contributed by atoms with van der Waals surface area (Å²) >= 11 is 0. The largest absolute Gasteiger partial charge is 0.493 e. The van der Waals surface area contributed by atoms with Crippen molar-refractivity contribution in [3.63, 3.8) is 0 Å². The number of nitro benzene ring substituents is 2. The van der Waals surface area contributed by atoms with Gasteiger partial charge in [0.2, 0.25) is 0 Å². The van der Waals surface area contributed by atoms with Crippen LogP contribution in [-0.4, -0.2) is 109 Å². The Morgan fingerprint density at radius 2 is 1.08 bits per heavy atom. The summed E-state index contributed by atoms with van der Waals surface area (Å²) in [7, 11) is 2.64. The third kappa shape index (κ3) is 9.31. The highest BCUT2D eigenvalue weighted by Crippen LogP contribution is 2.38. The van der Waals surface area contributed by atoms with Gasteiger partial charge in [0.1, 0.15) is 24.3 Å². The van der Waals surface area contributed by atoms with E-state index >= 15 is 0 Å². The van der Waals surface area contributed by atoms with E-state index in [1.165, 1.54) is 50.0 Å². The third-order valence-electron chi connectivity index (χ3n) is 8.46. The molecule has 0 aliphatic carbocycles. The van der Waals surface area contributed by atoms with Gasteiger partial charge in [0.15, 0.2) is 23.0 Å². The molecule has 0 saturated carbocycles. The van der Waals surface area contributed by atoms with Crippen molar-refractivity contribution in [3.8, 4) is 23.0 Å². The number of nitro groups is 2. The molecule has 0 aromatic heterocycles. The number of benzene rings is 2. The highest BCUT2D eigenvalue weighted by molar-refractivity contribution is 6.00. The average molecular weight is 717 g/mol. The quantitative estimate of drug-likeness (QED) is 0.105. The number of nitrogens with zero attached hydrogens (tertiary/aromatic N) is 4. The van der Waals surface area contributed by atoms with Crippen LogP contribution in [0.15, 0.2) is 24.3 Å². The maximum Gasteiger partial charge on any atom is 0.302 e. The fraction of sp³-hybridized carbons (Fsp3) is 0.515. The average Bonchev–Trinajstić information content (AvgIpc) is 3.78. The lowest BCUT2D eigenvalue weighted by molar-refractivity contribution is -0.385. The number of methoxy groups -OCH3 is 2. The van der Waals surface area contributed by atoms with Crippen molar-refractivity contribution in [2.45, 2.75) is 58.0 Å². The molecule has 2 aromatic carbocycles. The second kappa shape index (κ2) is 17.3. The Kier molecular flexibility index (Phi) is 12.9. The zero-order chi connectivity index (χ0) is 37.2. The van der Waals surface area contributed by atoms with Crippen LogP contribution in [0.1, 0.15) is 66.7 Å². The minimum Gasteiger partial charge on any atom is -0.493 e. The molecule has 51 heavy (non-hydrogen) atoms. The molecule has 2 fully saturated rings. The molecule has 0 spiro atoms. The van der Waals surface area contributed by atoms with E-state index in [9.17, 15) is 39.4 Å². The highest BCUT2D eigenvalue weighted by Gasteiger charge is 2.36. The fourth-order valence-electron chi connectivity index (χ4n) is 6.00. The SMILES string of the molecule is COc1cc(C(=O)N2CCC[C@H]2COC(C)=O)c([N+](=O)[O-])cc1OCCCOc1cc([N+](=O)[O-])c(C(=O)N2CCC[C@H]2COC(C)=O)cc1OC. The van der Waals surface area contributed by atoms with Crippen LogP contribution in [-0.2, 0) is 19.1 Å². The summed E-state index contributed by atoms with van der Waals surface area (Å²) in [6.45, 7) is 3.09. The predicted octanol–water partition coefficient (Wildman–Crippen LogP) is 3.70. The Morgan fingerprint density at radius 1 is 0.686 bits per heavy atom. The third-order valence-corrected chi connectivity index (χ3v) is 8.46. The molecule has 2 saturated heterocycles. The Labute approximate surface area is 292 Å². The van der Waals surface area contributed by atoms with E-state index in [0.29, 0.717) is 38.8 Å². The molecule has 2 amide bonds. The Morgan fingerprint density at radius 3 is 1.41 bits per heavy atom. The lowest BCUT2D eigenvalue weighted by Crippen LogP contribution is -2.39. The minimum absolute atomic E-state index is 0.00337. The number of esters is 2. The topological polar surface area (TPSA) is 216 Å². The van der Waals surface area contributed by atoms with Gasteiger partial charge >= 0.3 is 11.9 Å². The zero-order valence-electron chi connectivity index (χ0n) is 28.7. The maximum atomic E-state index is 13.4. The standard InChI is InChI=1S/C33H40N4O14/c1-20(38)50-18-22-8-5-10-34(22)32(40)24-14-28(46-3)30(16-26(24)36(42)43)48-12-7-13-49-31-17-27(37(44)45)25(15-29(31)47-4)33(41)35-11-6-9-23(35)19-51-21(2)39/h14-17,22-23H,5-13,18-19H2,1-4H3/t22-,23-/m0/s1. The Balaban J connectivity index is 1.43. The van der Waals surface area contributed by atoms with Crippen molar-refractivity contribution in [3.05, 3.63) is 55.6 Å². The van der Waals surface area contributed by atoms with Gasteiger partial charge in [-0.15, -0.1) is 0 Å². The molecule has 0 radical (unpaired) electrons. The van der Waals surface area contributed by atoms with Crippen LogP contribution in [0.3, 0.4) is 0 Å². The lowest BCUT2D eigenvalue weighted by atomic mass is 10.1. The molecular formula is C33H40N4O14. The van der Waals surface area contributed by atoms with Gasteiger partial charge in [-0.25, -0.2) is 0 Å². The molecule has 0 N–H and O–H groups in total. The van der Waals surface area contributed by atoms with E-state index in [-0.39, 0.29) is 67.0 Å². The summed E-state index contributed by atoms with van der Waals surface area (Å²) in [5, 5.41) is 24.0. The summed E-state index contributed by atoms with van der Waals surface area (Å²) in [6, 6.07) is 3.83. The number of carbonyl (C=O) groups excluding carboxylic acids is 4. The molecule has 18 nitrogen and oxygen atoms in total. The molecule has 4 rings (SSSR count). The molecule has 2 atom stereocenters. The van der Waals surface area contributed by atoms with Crippen LogP contribution in [0, 0.1) is 20.2 Å². The van der Waals surface area contributed by atoms with Crippen molar-refractivity contribution >= 4 is 35.1 Å². The normalized spacial score (nSPS) is 16.7. The van der Waals surface area contributed by atoms with E-state index < -0.39 is 57.1 Å². The predicted molar refractivity (Wildman–Crippen MR) is 176 cm³/mol. The minimum atomic E-state index is -0.697. The van der Waals surface area contributed by atoms with Gasteiger partial charge in [-0.1, -0.05) is 0 Å². The first-order valence-corrected chi connectivity index (χ1v) is 16.2. The number of hydrogen-bond donors (Lipinski definition) is 0. The number of rotatable bonds is 16. The number of amides is 2. The summed E-state index contributed by atoms with van der Waals surface area (Å²) in [5.41, 5.74) is -1.41. The number of carbonyl (C=O) groups is 4. The van der Waals surface area contributed by atoms with Crippen molar-refractivity contribution in [1.82, 2.24) is 9.80 Å². The van der Waals surface area contributed by atoms with Gasteiger partial charge in [-0.05, 0) is 25.7 Å². The fourth-order valence-corrected chi connectivity index (χ4v) is 6.00. The van der Waals surface area contributed by atoms with Gasteiger partial charge < -0.3 is 38.2 Å². The smallest absolute Gasteiger partial charge is 0.302 e. The van der Waals surface area contributed by atoms with Gasteiger partial charge in [-0.3, -0.25) is 39.4 Å². The number of ether oxygens (including phenoxy) is 6. The molecule has 2 aliphatic heterocycles. The summed E-state index contributed by atoms with van der Waals surface area (Å²) in [4.78, 5) is 75.0. The van der Waals surface area contributed by atoms with Crippen LogP contribution >= 0.6 is 0 Å². The summed E-state index contributed by atoms with van der Waals surface area (Å²) < 4.78 is 32.4.